The molecule has 1 amide bonds. The van der Waals surface area contributed by atoms with E-state index in [1.54, 1.807) is 11.5 Å². The quantitative estimate of drug-likeness (QED) is 0.314. The molecule has 0 spiro atoms. The molecule has 3 aromatic carbocycles. The number of amides is 1. The van der Waals surface area contributed by atoms with Crippen molar-refractivity contribution >= 4 is 22.7 Å². The Balaban J connectivity index is 1.22. The lowest BCUT2D eigenvalue weighted by Gasteiger charge is -2.36. The zero-order chi connectivity index (χ0) is 29.8. The van der Waals surface area contributed by atoms with Crippen molar-refractivity contribution in [1.29, 1.82) is 0 Å². The Morgan fingerprint density at radius 2 is 1.58 bits per heavy atom. The van der Waals surface area contributed by atoms with Crippen LogP contribution in [0.3, 0.4) is 0 Å². The Hall–Kier alpha value is -4.24. The third-order valence-electron chi connectivity index (χ3n) is 8.30. The number of ether oxygens (including phenoxy) is 2. The monoisotopic (exact) mass is 579 g/mol. The standard InChI is InChI=1S/C35H37N3O5/c1-25(40)38-22-31(30-9-5-6-10-32(30)38)29-19-33(43-34(20-29)42-24-28-13-11-27(23-39)12-14-28)35(41)37-17-15-36(16-18-37)21-26-7-3-2-4-8-26/h2-14,19,22,29,34,39H,15-18,20-21,23-24H2,1H3/t29-,34+/m1/s1. The molecule has 222 valence electrons. The average Bonchev–Trinajstić information content (AvgIpc) is 3.45. The predicted octanol–water partition coefficient (Wildman–Crippen LogP) is 5.07. The summed E-state index contributed by atoms with van der Waals surface area (Å²) in [5, 5.41) is 10.3. The van der Waals surface area contributed by atoms with Crippen LogP contribution in [-0.2, 0) is 34.0 Å². The number of carbonyl (C=O) groups excluding carboxylic acids is 2. The van der Waals surface area contributed by atoms with E-state index in [4.69, 9.17) is 9.47 Å². The summed E-state index contributed by atoms with van der Waals surface area (Å²) in [4.78, 5) is 30.5. The minimum atomic E-state index is -0.648. The SMILES string of the molecule is CC(=O)n1cc([C@@H]2C=C(C(=O)N3CCN(Cc4ccccc4)CC3)O[C@H](OCc3ccc(CO)cc3)C2)c2ccccc21. The number of allylic oxidation sites excluding steroid dienone is 1. The molecule has 1 aromatic heterocycles. The van der Waals surface area contributed by atoms with Gasteiger partial charge in [-0.15, -0.1) is 0 Å². The van der Waals surface area contributed by atoms with Crippen LogP contribution in [0.5, 0.6) is 0 Å². The van der Waals surface area contributed by atoms with Crippen molar-refractivity contribution < 1.29 is 24.2 Å². The predicted molar refractivity (Wildman–Crippen MR) is 164 cm³/mol. The minimum Gasteiger partial charge on any atom is -0.459 e. The van der Waals surface area contributed by atoms with E-state index in [1.807, 2.05) is 71.8 Å². The molecular weight excluding hydrogens is 542 g/mol. The molecule has 43 heavy (non-hydrogen) atoms. The highest BCUT2D eigenvalue weighted by Gasteiger charge is 2.33. The second kappa shape index (κ2) is 13.0. The lowest BCUT2D eigenvalue weighted by molar-refractivity contribution is -0.157. The van der Waals surface area contributed by atoms with Gasteiger partial charge in [-0.05, 0) is 34.4 Å². The van der Waals surface area contributed by atoms with E-state index < -0.39 is 6.29 Å². The normalized spacial score (nSPS) is 19.2. The number of rotatable bonds is 8. The second-order valence-electron chi connectivity index (χ2n) is 11.3. The van der Waals surface area contributed by atoms with Crippen LogP contribution in [0.4, 0.5) is 0 Å². The Bertz CT molecular complexity index is 1600. The lowest BCUT2D eigenvalue weighted by Crippen LogP contribution is -2.49. The van der Waals surface area contributed by atoms with Crippen molar-refractivity contribution in [2.24, 2.45) is 0 Å². The van der Waals surface area contributed by atoms with Crippen molar-refractivity contribution in [3.05, 3.63) is 119 Å². The number of para-hydroxylation sites is 1. The van der Waals surface area contributed by atoms with Crippen LogP contribution in [-0.4, -0.2) is 63.8 Å². The first-order valence-corrected chi connectivity index (χ1v) is 14.8. The van der Waals surface area contributed by atoms with Crippen LogP contribution in [0.1, 0.15) is 46.3 Å². The Kier molecular flexibility index (Phi) is 8.69. The topological polar surface area (TPSA) is 84.2 Å². The number of aromatic nitrogens is 1. The van der Waals surface area contributed by atoms with Gasteiger partial charge in [-0.25, -0.2) is 0 Å². The number of aliphatic hydroxyl groups excluding tert-OH is 1. The fourth-order valence-electron chi connectivity index (χ4n) is 5.93. The van der Waals surface area contributed by atoms with Gasteiger partial charge in [0, 0.05) is 63.6 Å². The molecule has 3 heterocycles. The summed E-state index contributed by atoms with van der Waals surface area (Å²) in [6.45, 7) is 5.50. The van der Waals surface area contributed by atoms with E-state index in [9.17, 15) is 14.7 Å². The molecule has 0 saturated carbocycles. The van der Waals surface area contributed by atoms with Crippen molar-refractivity contribution in [2.45, 2.75) is 45.3 Å². The van der Waals surface area contributed by atoms with Gasteiger partial charge >= 0.3 is 0 Å². The second-order valence-corrected chi connectivity index (χ2v) is 11.3. The third-order valence-corrected chi connectivity index (χ3v) is 8.30. The molecule has 4 aromatic rings. The summed E-state index contributed by atoms with van der Waals surface area (Å²) >= 11 is 0. The van der Waals surface area contributed by atoms with Crippen LogP contribution < -0.4 is 0 Å². The van der Waals surface area contributed by atoms with E-state index in [0.717, 1.165) is 47.2 Å². The van der Waals surface area contributed by atoms with Crippen molar-refractivity contribution in [1.82, 2.24) is 14.4 Å². The molecule has 8 heteroatoms. The van der Waals surface area contributed by atoms with Gasteiger partial charge in [-0.1, -0.05) is 72.8 Å². The van der Waals surface area contributed by atoms with Gasteiger partial charge in [0.05, 0.1) is 18.7 Å². The van der Waals surface area contributed by atoms with E-state index in [1.165, 1.54) is 5.56 Å². The molecule has 0 bridgehead atoms. The first-order chi connectivity index (χ1) is 21.0. The molecule has 0 aliphatic carbocycles. The van der Waals surface area contributed by atoms with Crippen LogP contribution >= 0.6 is 0 Å². The molecule has 6 rings (SSSR count). The number of piperazine rings is 1. The highest BCUT2D eigenvalue weighted by atomic mass is 16.7. The van der Waals surface area contributed by atoms with Gasteiger partial charge in [0.2, 0.25) is 12.2 Å². The van der Waals surface area contributed by atoms with Gasteiger partial charge in [0.15, 0.2) is 5.76 Å². The van der Waals surface area contributed by atoms with Crippen LogP contribution in [0, 0.1) is 0 Å². The highest BCUT2D eigenvalue weighted by Crippen LogP contribution is 2.37. The Labute approximate surface area is 251 Å². The van der Waals surface area contributed by atoms with Crippen molar-refractivity contribution in [3.63, 3.8) is 0 Å². The molecule has 2 aliphatic rings. The average molecular weight is 580 g/mol. The zero-order valence-electron chi connectivity index (χ0n) is 24.4. The summed E-state index contributed by atoms with van der Waals surface area (Å²) < 4.78 is 14.1. The molecule has 1 fully saturated rings. The summed E-state index contributed by atoms with van der Waals surface area (Å²) in [6, 6.07) is 25.8. The van der Waals surface area contributed by atoms with Crippen LogP contribution in [0.25, 0.3) is 10.9 Å². The van der Waals surface area contributed by atoms with Gasteiger partial charge in [0.25, 0.3) is 5.91 Å². The molecule has 0 unspecified atom stereocenters. The van der Waals surface area contributed by atoms with Gasteiger partial charge < -0.3 is 19.5 Å². The van der Waals surface area contributed by atoms with Crippen molar-refractivity contribution in [2.75, 3.05) is 26.2 Å². The number of benzene rings is 3. The minimum absolute atomic E-state index is 0.0147. The largest absolute Gasteiger partial charge is 0.459 e. The van der Waals surface area contributed by atoms with Gasteiger partial charge in [0.1, 0.15) is 0 Å². The maximum absolute atomic E-state index is 13.8. The molecule has 0 radical (unpaired) electrons. The fraction of sp³-hybridized carbons (Fsp3) is 0.314. The van der Waals surface area contributed by atoms with E-state index >= 15 is 0 Å². The van der Waals surface area contributed by atoms with Crippen molar-refractivity contribution in [3.8, 4) is 0 Å². The number of hydrogen-bond acceptors (Lipinski definition) is 6. The maximum atomic E-state index is 13.8. The van der Waals surface area contributed by atoms with Gasteiger partial charge in [-0.2, -0.15) is 0 Å². The highest BCUT2D eigenvalue weighted by molar-refractivity contribution is 5.95. The van der Waals surface area contributed by atoms with E-state index in [2.05, 4.69) is 29.2 Å². The number of carbonyl (C=O) groups is 2. The van der Waals surface area contributed by atoms with Crippen LogP contribution in [0.2, 0.25) is 0 Å². The number of nitrogens with zero attached hydrogens (tertiary/aromatic N) is 3. The van der Waals surface area contributed by atoms with Gasteiger partial charge in [-0.3, -0.25) is 19.1 Å². The fourth-order valence-corrected chi connectivity index (χ4v) is 5.93. The first kappa shape index (κ1) is 28.9. The summed E-state index contributed by atoms with van der Waals surface area (Å²) in [5.41, 5.74) is 4.85. The number of aliphatic hydroxyl groups is 1. The third kappa shape index (κ3) is 6.57. The number of hydrogen-bond donors (Lipinski definition) is 1. The lowest BCUT2D eigenvalue weighted by atomic mass is 9.92. The molecule has 1 saturated heterocycles. The van der Waals surface area contributed by atoms with E-state index in [0.29, 0.717) is 26.1 Å². The zero-order valence-corrected chi connectivity index (χ0v) is 24.4. The molecular formula is C35H37N3O5. The smallest absolute Gasteiger partial charge is 0.288 e. The molecule has 2 aliphatic heterocycles. The van der Waals surface area contributed by atoms with E-state index in [-0.39, 0.29) is 30.1 Å². The first-order valence-electron chi connectivity index (χ1n) is 14.8. The number of fused-ring (bicyclic) bond motifs is 1. The molecule has 2 atom stereocenters. The maximum Gasteiger partial charge on any atom is 0.288 e. The Morgan fingerprint density at radius 3 is 2.30 bits per heavy atom. The van der Waals surface area contributed by atoms with Crippen LogP contribution in [0.15, 0.2) is 96.9 Å². The summed E-state index contributed by atoms with van der Waals surface area (Å²) in [5.74, 6) is -0.102. The summed E-state index contributed by atoms with van der Waals surface area (Å²) in [6.07, 6.45) is 3.64. The molecule has 1 N–H and O–H groups in total. The Morgan fingerprint density at radius 1 is 0.884 bits per heavy atom. The summed E-state index contributed by atoms with van der Waals surface area (Å²) in [7, 11) is 0. The molecule has 8 nitrogen and oxygen atoms in total.